The van der Waals surface area contributed by atoms with E-state index in [1.165, 1.54) is 12.1 Å². The molecule has 0 heterocycles. The van der Waals surface area contributed by atoms with Crippen LogP contribution in [0.2, 0.25) is 0 Å². The number of hydrogen-bond donors (Lipinski definition) is 4. The Balaban J connectivity index is 1.78. The Morgan fingerprint density at radius 2 is 1.44 bits per heavy atom. The van der Waals surface area contributed by atoms with Crippen molar-refractivity contribution in [2.45, 2.75) is 44.4 Å². The van der Waals surface area contributed by atoms with Crippen molar-refractivity contribution in [3.8, 4) is 5.75 Å². The van der Waals surface area contributed by atoms with E-state index in [1.807, 2.05) is 60.7 Å². The van der Waals surface area contributed by atoms with Crippen LogP contribution < -0.4 is 10.6 Å². The molecule has 3 aromatic carbocycles. The van der Waals surface area contributed by atoms with Gasteiger partial charge in [0.2, 0.25) is 5.91 Å². The molecule has 8 heteroatoms. The molecular weight excluding hydrogens is 460 g/mol. The Hall–Kier alpha value is -4.33. The van der Waals surface area contributed by atoms with E-state index < -0.39 is 29.6 Å². The number of carboxylic acids is 1. The summed E-state index contributed by atoms with van der Waals surface area (Å²) in [5, 5.41) is 24.9. The number of nitrogens with one attached hydrogen (secondary N) is 2. The van der Waals surface area contributed by atoms with E-state index in [2.05, 4.69) is 10.6 Å². The van der Waals surface area contributed by atoms with E-state index in [0.29, 0.717) is 5.56 Å². The summed E-state index contributed by atoms with van der Waals surface area (Å²) < 4.78 is 5.29. The normalized spacial score (nSPS) is 13.1. The zero-order valence-electron chi connectivity index (χ0n) is 20.0. The first-order valence-corrected chi connectivity index (χ1v) is 11.7. The van der Waals surface area contributed by atoms with Crippen molar-refractivity contribution in [3.63, 3.8) is 0 Å². The molecule has 0 aromatic heterocycles. The number of alkyl carbamates (subject to hydrolysis) is 1. The minimum atomic E-state index is -1.61. The maximum atomic E-state index is 13.4. The van der Waals surface area contributed by atoms with Crippen molar-refractivity contribution in [1.29, 1.82) is 0 Å². The van der Waals surface area contributed by atoms with Crippen LogP contribution >= 0.6 is 0 Å². The molecule has 0 aliphatic carbocycles. The Bertz CT molecular complexity index is 1150. The standard InChI is InChI=1S/C28H30N2O6/c1-2-28(26(33)34,18-21-13-15-23(31)16-14-21)30-25(32)24(17-20-9-5-3-6-10-20)29-27(35)36-19-22-11-7-4-8-12-22/h3-16,24,31H,2,17-19H2,1H3,(H,29,35)(H,30,32)(H,33,34)/t24-,28-/m0/s1. The number of rotatable bonds is 11. The molecule has 0 aliphatic heterocycles. The van der Waals surface area contributed by atoms with E-state index in [4.69, 9.17) is 4.74 Å². The lowest BCUT2D eigenvalue weighted by Gasteiger charge is -2.31. The van der Waals surface area contributed by atoms with Gasteiger partial charge >= 0.3 is 12.1 Å². The van der Waals surface area contributed by atoms with Crippen molar-refractivity contribution in [1.82, 2.24) is 10.6 Å². The van der Waals surface area contributed by atoms with Crippen molar-refractivity contribution in [2.75, 3.05) is 0 Å². The molecule has 0 radical (unpaired) electrons. The molecule has 2 amide bonds. The van der Waals surface area contributed by atoms with Gasteiger partial charge in [-0.2, -0.15) is 0 Å². The summed E-state index contributed by atoms with van der Waals surface area (Å²) in [5.41, 5.74) is 0.601. The second kappa shape index (κ2) is 12.4. The number of phenols is 1. The monoisotopic (exact) mass is 490 g/mol. The lowest BCUT2D eigenvalue weighted by Crippen LogP contribution is -2.60. The van der Waals surface area contributed by atoms with Gasteiger partial charge in [-0.05, 0) is 35.2 Å². The number of hydrogen-bond acceptors (Lipinski definition) is 5. The number of ether oxygens (including phenoxy) is 1. The lowest BCUT2D eigenvalue weighted by atomic mass is 9.87. The number of amides is 2. The van der Waals surface area contributed by atoms with Gasteiger partial charge in [0.15, 0.2) is 0 Å². The van der Waals surface area contributed by atoms with Crippen LogP contribution in [0.5, 0.6) is 5.75 Å². The van der Waals surface area contributed by atoms with Crippen molar-refractivity contribution in [2.24, 2.45) is 0 Å². The Morgan fingerprint density at radius 3 is 2.00 bits per heavy atom. The number of carboxylic acid groups (broad SMARTS) is 1. The summed E-state index contributed by atoms with van der Waals surface area (Å²) in [5.74, 6) is -1.78. The molecule has 3 rings (SSSR count). The summed E-state index contributed by atoms with van der Waals surface area (Å²) >= 11 is 0. The summed E-state index contributed by atoms with van der Waals surface area (Å²) in [7, 11) is 0. The van der Waals surface area contributed by atoms with E-state index in [1.54, 1.807) is 19.1 Å². The third kappa shape index (κ3) is 7.33. The fraction of sp³-hybridized carbons (Fsp3) is 0.250. The molecule has 2 atom stereocenters. The Morgan fingerprint density at radius 1 is 0.861 bits per heavy atom. The van der Waals surface area contributed by atoms with Crippen LogP contribution in [0, 0.1) is 0 Å². The molecule has 0 aliphatic rings. The summed E-state index contributed by atoms with van der Waals surface area (Å²) in [4.78, 5) is 38.3. The highest BCUT2D eigenvalue weighted by molar-refractivity contribution is 5.91. The molecule has 0 fully saturated rings. The number of benzene rings is 3. The first-order valence-electron chi connectivity index (χ1n) is 11.7. The quantitative estimate of drug-likeness (QED) is 0.324. The second-order valence-corrected chi connectivity index (χ2v) is 8.52. The van der Waals surface area contributed by atoms with Gasteiger partial charge in [0.1, 0.15) is 23.9 Å². The zero-order chi connectivity index (χ0) is 26.0. The highest BCUT2D eigenvalue weighted by atomic mass is 16.5. The van der Waals surface area contributed by atoms with Crippen molar-refractivity contribution in [3.05, 3.63) is 102 Å². The maximum absolute atomic E-state index is 13.4. The number of carbonyl (C=O) groups excluding carboxylic acids is 2. The van der Waals surface area contributed by atoms with Crippen LogP contribution in [0.25, 0.3) is 0 Å². The fourth-order valence-corrected chi connectivity index (χ4v) is 3.79. The van der Waals surface area contributed by atoms with Gasteiger partial charge in [-0.3, -0.25) is 4.79 Å². The third-order valence-electron chi connectivity index (χ3n) is 5.92. The molecule has 188 valence electrons. The third-order valence-corrected chi connectivity index (χ3v) is 5.92. The Kier molecular flexibility index (Phi) is 9.05. The number of aliphatic carboxylic acids is 1. The molecule has 8 nitrogen and oxygen atoms in total. The number of phenolic OH excluding ortho intramolecular Hbond substituents is 1. The molecule has 0 saturated heterocycles. The van der Waals surface area contributed by atoms with Crippen molar-refractivity contribution >= 4 is 18.0 Å². The molecule has 0 bridgehead atoms. The summed E-state index contributed by atoms with van der Waals surface area (Å²) in [6.07, 6.45) is -0.538. The number of carbonyl (C=O) groups is 3. The van der Waals surface area contributed by atoms with E-state index in [-0.39, 0.29) is 31.6 Å². The van der Waals surface area contributed by atoms with Crippen LogP contribution in [0.3, 0.4) is 0 Å². The predicted molar refractivity (Wildman–Crippen MR) is 134 cm³/mol. The van der Waals surface area contributed by atoms with Gasteiger partial charge in [-0.1, -0.05) is 79.7 Å². The van der Waals surface area contributed by atoms with E-state index in [0.717, 1.165) is 11.1 Å². The first kappa shape index (κ1) is 26.3. The Labute approximate surface area is 209 Å². The topological polar surface area (TPSA) is 125 Å². The van der Waals surface area contributed by atoms with Crippen LogP contribution in [0.15, 0.2) is 84.9 Å². The molecule has 0 spiro atoms. The SMILES string of the molecule is CC[C@@](Cc1ccc(O)cc1)(NC(=O)[C@H](Cc1ccccc1)NC(=O)OCc1ccccc1)C(=O)O. The second-order valence-electron chi connectivity index (χ2n) is 8.52. The van der Waals surface area contributed by atoms with Crippen molar-refractivity contribution < 1.29 is 29.3 Å². The van der Waals surface area contributed by atoms with E-state index in [9.17, 15) is 24.6 Å². The highest BCUT2D eigenvalue weighted by Crippen LogP contribution is 2.21. The molecule has 3 aromatic rings. The minimum absolute atomic E-state index is 0.00135. The lowest BCUT2D eigenvalue weighted by molar-refractivity contribution is -0.148. The summed E-state index contributed by atoms with van der Waals surface area (Å²) in [6, 6.07) is 23.3. The molecule has 4 N–H and O–H groups in total. The van der Waals surface area contributed by atoms with Gasteiger partial charge in [-0.15, -0.1) is 0 Å². The van der Waals surface area contributed by atoms with E-state index >= 15 is 0 Å². The first-order chi connectivity index (χ1) is 17.3. The van der Waals surface area contributed by atoms with Crippen LogP contribution in [0.4, 0.5) is 4.79 Å². The average Bonchev–Trinajstić information content (AvgIpc) is 2.89. The van der Waals surface area contributed by atoms with Gasteiger partial charge < -0.3 is 25.6 Å². The van der Waals surface area contributed by atoms with Crippen LogP contribution in [-0.2, 0) is 33.8 Å². The van der Waals surface area contributed by atoms with Gasteiger partial charge in [0.25, 0.3) is 0 Å². The van der Waals surface area contributed by atoms with Gasteiger partial charge in [0.05, 0.1) is 0 Å². The maximum Gasteiger partial charge on any atom is 0.408 e. The van der Waals surface area contributed by atoms with Gasteiger partial charge in [-0.25, -0.2) is 9.59 Å². The largest absolute Gasteiger partial charge is 0.508 e. The molecule has 0 saturated carbocycles. The fourth-order valence-electron chi connectivity index (χ4n) is 3.79. The highest BCUT2D eigenvalue weighted by Gasteiger charge is 2.40. The summed E-state index contributed by atoms with van der Waals surface area (Å²) in [6.45, 7) is 1.70. The zero-order valence-corrected chi connectivity index (χ0v) is 20.0. The smallest absolute Gasteiger partial charge is 0.408 e. The van der Waals surface area contributed by atoms with Gasteiger partial charge in [0, 0.05) is 12.8 Å². The minimum Gasteiger partial charge on any atom is -0.508 e. The molecular formula is C28H30N2O6. The molecule has 0 unspecified atom stereocenters. The predicted octanol–water partition coefficient (Wildman–Crippen LogP) is 3.82. The average molecular weight is 491 g/mol. The molecule has 36 heavy (non-hydrogen) atoms. The van der Waals surface area contributed by atoms with Crippen LogP contribution in [0.1, 0.15) is 30.0 Å². The van der Waals surface area contributed by atoms with Crippen LogP contribution in [-0.4, -0.2) is 39.8 Å². The number of aromatic hydroxyl groups is 1.